The summed E-state index contributed by atoms with van der Waals surface area (Å²) in [5.41, 5.74) is 5.78. The molecule has 0 radical (unpaired) electrons. The molecule has 0 unspecified atom stereocenters. The molecule has 1 aliphatic heterocycles. The minimum absolute atomic E-state index is 0. The molecular weight excluding hydrogens is 336 g/mol. The van der Waals surface area contributed by atoms with Crippen LogP contribution in [0.1, 0.15) is 19.8 Å². The number of nitrogens with one attached hydrogen (secondary N) is 1. The first kappa shape index (κ1) is 20.2. The Hall–Kier alpha value is -1.83. The van der Waals surface area contributed by atoms with Crippen LogP contribution >= 0.6 is 12.4 Å². The first-order valence-corrected chi connectivity index (χ1v) is 7.60. The number of rotatable bonds is 6. The number of carbonyl (C=O) groups is 2. The van der Waals surface area contributed by atoms with E-state index >= 15 is 0 Å². The van der Waals surface area contributed by atoms with Crippen molar-refractivity contribution in [3.8, 4) is 5.75 Å². The van der Waals surface area contributed by atoms with Crippen LogP contribution in [-0.2, 0) is 19.1 Å². The molecule has 0 aliphatic carbocycles. The minimum Gasteiger partial charge on any atom is -0.482 e. The van der Waals surface area contributed by atoms with Gasteiger partial charge in [-0.2, -0.15) is 0 Å². The number of nitrogens with two attached hydrogens (primary N) is 1. The summed E-state index contributed by atoms with van der Waals surface area (Å²) in [7, 11) is 0. The number of halogens is 1. The van der Waals surface area contributed by atoms with Crippen molar-refractivity contribution in [1.82, 2.24) is 0 Å². The lowest BCUT2D eigenvalue weighted by Gasteiger charge is -2.31. The summed E-state index contributed by atoms with van der Waals surface area (Å²) < 4.78 is 15.4. The van der Waals surface area contributed by atoms with E-state index in [1.165, 1.54) is 0 Å². The molecule has 1 amide bonds. The maximum atomic E-state index is 12.3. The second kappa shape index (κ2) is 9.46. The van der Waals surface area contributed by atoms with E-state index < -0.39 is 11.5 Å². The predicted octanol–water partition coefficient (Wildman–Crippen LogP) is 1.50. The zero-order valence-electron chi connectivity index (χ0n) is 13.6. The summed E-state index contributed by atoms with van der Waals surface area (Å²) >= 11 is 0. The van der Waals surface area contributed by atoms with E-state index in [4.69, 9.17) is 19.9 Å². The molecule has 0 spiro atoms. The van der Waals surface area contributed by atoms with Gasteiger partial charge in [0, 0.05) is 25.0 Å². The lowest BCUT2D eigenvalue weighted by molar-refractivity contribution is -0.145. The number of anilines is 1. The van der Waals surface area contributed by atoms with Crippen molar-refractivity contribution in [3.05, 3.63) is 24.3 Å². The van der Waals surface area contributed by atoms with E-state index in [0.717, 1.165) is 0 Å². The molecular formula is C16H23ClN2O5. The van der Waals surface area contributed by atoms with Crippen molar-refractivity contribution in [2.75, 3.05) is 31.7 Å². The second-order valence-electron chi connectivity index (χ2n) is 5.34. The van der Waals surface area contributed by atoms with Crippen molar-refractivity contribution in [2.24, 2.45) is 5.73 Å². The van der Waals surface area contributed by atoms with Gasteiger partial charge >= 0.3 is 5.97 Å². The topological polar surface area (TPSA) is 99.9 Å². The monoisotopic (exact) mass is 358 g/mol. The van der Waals surface area contributed by atoms with Gasteiger partial charge in [0.2, 0.25) is 5.91 Å². The summed E-state index contributed by atoms with van der Waals surface area (Å²) in [6, 6.07) is 6.79. The van der Waals surface area contributed by atoms with Crippen LogP contribution in [0, 0.1) is 0 Å². The van der Waals surface area contributed by atoms with Gasteiger partial charge in [0.15, 0.2) is 6.61 Å². The van der Waals surface area contributed by atoms with E-state index in [0.29, 0.717) is 44.1 Å². The summed E-state index contributed by atoms with van der Waals surface area (Å²) in [6.07, 6.45) is 0.968. The standard InChI is InChI=1S/C16H22N2O5.ClH/c1-2-22-14(19)11-23-13-5-3-4-12(10-13)18-15(20)16(17)6-8-21-9-7-16;/h3-5,10H,2,6-9,11,17H2,1H3,(H,18,20);1H. The molecule has 0 bridgehead atoms. The van der Waals surface area contributed by atoms with Crippen molar-refractivity contribution >= 4 is 30.0 Å². The van der Waals surface area contributed by atoms with Crippen LogP contribution in [0.2, 0.25) is 0 Å². The van der Waals surface area contributed by atoms with Crippen molar-refractivity contribution < 1.29 is 23.8 Å². The van der Waals surface area contributed by atoms with Gasteiger partial charge in [-0.1, -0.05) is 6.07 Å². The molecule has 134 valence electrons. The highest BCUT2D eigenvalue weighted by atomic mass is 35.5. The smallest absolute Gasteiger partial charge is 0.344 e. The Balaban J connectivity index is 0.00000288. The number of hydrogen-bond donors (Lipinski definition) is 2. The van der Waals surface area contributed by atoms with E-state index in [1.54, 1.807) is 31.2 Å². The number of carbonyl (C=O) groups excluding carboxylic acids is 2. The number of amides is 1. The molecule has 1 aliphatic rings. The third-order valence-corrected chi connectivity index (χ3v) is 3.59. The van der Waals surface area contributed by atoms with Crippen LogP contribution in [0.25, 0.3) is 0 Å². The fourth-order valence-electron chi connectivity index (χ4n) is 2.23. The lowest BCUT2D eigenvalue weighted by Crippen LogP contribution is -2.54. The molecule has 0 saturated carbocycles. The second-order valence-corrected chi connectivity index (χ2v) is 5.34. The van der Waals surface area contributed by atoms with Crippen molar-refractivity contribution in [2.45, 2.75) is 25.3 Å². The Labute approximate surface area is 147 Å². The molecule has 0 aromatic heterocycles. The van der Waals surface area contributed by atoms with Gasteiger partial charge in [0.25, 0.3) is 0 Å². The molecule has 3 N–H and O–H groups in total. The van der Waals surface area contributed by atoms with E-state index in [1.807, 2.05) is 0 Å². The Bertz CT molecular complexity index is 561. The summed E-state index contributed by atoms with van der Waals surface area (Å²) in [6.45, 7) is 2.82. The average Bonchev–Trinajstić information content (AvgIpc) is 2.54. The van der Waals surface area contributed by atoms with Crippen LogP contribution in [0.3, 0.4) is 0 Å². The van der Waals surface area contributed by atoms with Gasteiger partial charge in [-0.15, -0.1) is 12.4 Å². The van der Waals surface area contributed by atoms with E-state index in [-0.39, 0.29) is 24.9 Å². The molecule has 1 saturated heterocycles. The van der Waals surface area contributed by atoms with E-state index in [9.17, 15) is 9.59 Å². The largest absolute Gasteiger partial charge is 0.482 e. The maximum absolute atomic E-state index is 12.3. The third-order valence-electron chi connectivity index (χ3n) is 3.59. The fraction of sp³-hybridized carbons (Fsp3) is 0.500. The van der Waals surface area contributed by atoms with E-state index in [2.05, 4.69) is 5.32 Å². The molecule has 8 heteroatoms. The molecule has 1 heterocycles. The Morgan fingerprint density at radius 1 is 1.33 bits per heavy atom. The lowest BCUT2D eigenvalue weighted by atomic mass is 9.90. The van der Waals surface area contributed by atoms with Gasteiger partial charge in [-0.05, 0) is 31.9 Å². The highest BCUT2D eigenvalue weighted by molar-refractivity contribution is 5.98. The highest BCUT2D eigenvalue weighted by Crippen LogP contribution is 2.22. The molecule has 0 atom stereocenters. The first-order valence-electron chi connectivity index (χ1n) is 7.60. The van der Waals surface area contributed by atoms with Gasteiger partial charge in [-0.3, -0.25) is 4.79 Å². The molecule has 1 aromatic rings. The summed E-state index contributed by atoms with van der Waals surface area (Å²) in [5, 5.41) is 2.79. The van der Waals surface area contributed by atoms with Gasteiger partial charge in [0.05, 0.1) is 6.61 Å². The Kier molecular flexibility index (Phi) is 7.97. The Morgan fingerprint density at radius 3 is 2.71 bits per heavy atom. The number of esters is 1. The number of ether oxygens (including phenoxy) is 3. The van der Waals surface area contributed by atoms with Crippen LogP contribution < -0.4 is 15.8 Å². The molecule has 1 fully saturated rings. The molecule has 24 heavy (non-hydrogen) atoms. The van der Waals surface area contributed by atoms with Crippen LogP contribution in [0.15, 0.2) is 24.3 Å². The zero-order valence-corrected chi connectivity index (χ0v) is 14.4. The minimum atomic E-state index is -0.917. The van der Waals surface area contributed by atoms with Crippen LogP contribution in [-0.4, -0.2) is 43.8 Å². The van der Waals surface area contributed by atoms with Crippen LogP contribution in [0.5, 0.6) is 5.75 Å². The molecule has 2 rings (SSSR count). The number of hydrogen-bond acceptors (Lipinski definition) is 6. The Morgan fingerprint density at radius 2 is 2.04 bits per heavy atom. The third kappa shape index (κ3) is 5.67. The van der Waals surface area contributed by atoms with Gasteiger partial charge in [0.1, 0.15) is 11.3 Å². The van der Waals surface area contributed by atoms with Gasteiger partial charge in [-0.25, -0.2) is 4.79 Å². The summed E-state index contributed by atoms with van der Waals surface area (Å²) in [5.74, 6) is -0.220. The van der Waals surface area contributed by atoms with Gasteiger partial charge < -0.3 is 25.3 Å². The fourth-order valence-corrected chi connectivity index (χ4v) is 2.23. The molecule has 1 aromatic carbocycles. The normalized spacial score (nSPS) is 15.8. The zero-order chi connectivity index (χ0) is 16.7. The number of benzene rings is 1. The quantitative estimate of drug-likeness (QED) is 0.747. The first-order chi connectivity index (χ1) is 11.0. The highest BCUT2D eigenvalue weighted by Gasteiger charge is 2.35. The van der Waals surface area contributed by atoms with Crippen molar-refractivity contribution in [3.63, 3.8) is 0 Å². The maximum Gasteiger partial charge on any atom is 0.344 e. The predicted molar refractivity (Wildman–Crippen MR) is 91.4 cm³/mol. The SMILES string of the molecule is CCOC(=O)COc1cccc(NC(=O)C2(N)CCOCC2)c1.Cl. The molecule has 7 nitrogen and oxygen atoms in total. The summed E-state index contributed by atoms with van der Waals surface area (Å²) in [4.78, 5) is 23.6. The average molecular weight is 359 g/mol. The van der Waals surface area contributed by atoms with Crippen molar-refractivity contribution in [1.29, 1.82) is 0 Å². The van der Waals surface area contributed by atoms with Crippen LogP contribution in [0.4, 0.5) is 5.69 Å².